The molecule has 2 aliphatic heterocycles. The Balaban J connectivity index is 1.27. The third kappa shape index (κ3) is 7.09. The largest absolute Gasteiger partial charge is 0.460 e. The van der Waals surface area contributed by atoms with E-state index in [9.17, 15) is 32.8 Å². The molecule has 2 aliphatic rings. The number of hydrogen-bond acceptors (Lipinski definition) is 9. The van der Waals surface area contributed by atoms with Crippen LogP contribution in [0.3, 0.4) is 0 Å². The summed E-state index contributed by atoms with van der Waals surface area (Å²) in [5.41, 5.74) is -0.906. The molecule has 0 aliphatic carbocycles. The van der Waals surface area contributed by atoms with Crippen LogP contribution in [0, 0.1) is 11.6 Å². The van der Waals surface area contributed by atoms with Gasteiger partial charge in [-0.15, -0.1) is 0 Å². The molecule has 2 N–H and O–H groups in total. The van der Waals surface area contributed by atoms with Gasteiger partial charge in [0.25, 0.3) is 11.8 Å². The van der Waals surface area contributed by atoms with E-state index in [0.29, 0.717) is 6.07 Å². The van der Waals surface area contributed by atoms with E-state index in [1.165, 1.54) is 9.47 Å². The number of pyridine rings is 1. The predicted molar refractivity (Wildman–Crippen MR) is 150 cm³/mol. The molecule has 1 saturated heterocycles. The van der Waals surface area contributed by atoms with E-state index in [1.54, 1.807) is 31.2 Å². The number of benzene rings is 2. The Morgan fingerprint density at radius 3 is 2.58 bits per heavy atom. The molecule has 3 amide bonds. The normalized spacial score (nSPS) is 16.8. The highest BCUT2D eigenvalue weighted by Crippen LogP contribution is 2.30. The fourth-order valence-corrected chi connectivity index (χ4v) is 4.82. The first-order valence-corrected chi connectivity index (χ1v) is 13.8. The van der Waals surface area contributed by atoms with E-state index < -0.39 is 71.8 Å². The summed E-state index contributed by atoms with van der Waals surface area (Å²) in [6.45, 7) is 0.339. The summed E-state index contributed by atoms with van der Waals surface area (Å²) in [7, 11) is 0. The summed E-state index contributed by atoms with van der Waals surface area (Å²) >= 11 is 0. The van der Waals surface area contributed by atoms with Gasteiger partial charge in [-0.05, 0) is 18.6 Å². The second-order valence-corrected chi connectivity index (χ2v) is 10.2. The topological polar surface area (TPSA) is 154 Å². The predicted octanol–water partition coefficient (Wildman–Crippen LogP) is 2.06. The minimum absolute atomic E-state index is 0.00683. The Bertz CT molecular complexity index is 1680. The first-order valence-electron chi connectivity index (χ1n) is 13.8. The van der Waals surface area contributed by atoms with Crippen LogP contribution in [0.4, 0.5) is 13.6 Å². The first-order chi connectivity index (χ1) is 21.6. The van der Waals surface area contributed by atoms with E-state index in [4.69, 9.17) is 18.9 Å². The molecule has 1 aromatic heterocycles. The van der Waals surface area contributed by atoms with Gasteiger partial charge >= 0.3 is 12.1 Å². The van der Waals surface area contributed by atoms with Crippen LogP contribution in [0.2, 0.25) is 0 Å². The maximum absolute atomic E-state index is 14.1. The molecule has 13 nitrogen and oxygen atoms in total. The molecule has 3 heterocycles. The molecule has 3 aromatic rings. The molecule has 0 unspecified atom stereocenters. The molecule has 2 aromatic carbocycles. The van der Waals surface area contributed by atoms with Crippen LogP contribution < -0.4 is 20.8 Å². The molecular formula is C30H28F2N4O9. The standard InChI is InChI=1S/C30H28F2N4O9/c1-17-14-42-23-13-35-12-21(28(39)33-10-19-7-8-20(31)9-22(19)32)26(38)27(25(35)29(40)36(17)23)44-16-45-30(41)34-11-24(37)43-15-18-5-3-2-4-6-18/h2-9,12,17,23H,10-11,13-16H2,1H3,(H,33,39)(H,34,41)/t17-,23+/m0/s1. The first kappa shape index (κ1) is 31.1. The molecule has 2 atom stereocenters. The Hall–Kier alpha value is -5.31. The third-order valence-electron chi connectivity index (χ3n) is 7.06. The lowest BCUT2D eigenvalue weighted by Gasteiger charge is -2.34. The van der Waals surface area contributed by atoms with Crippen molar-refractivity contribution in [3.63, 3.8) is 0 Å². The minimum atomic E-state index is -1.08. The van der Waals surface area contributed by atoms with Gasteiger partial charge in [-0.3, -0.25) is 19.2 Å². The molecule has 0 spiro atoms. The highest BCUT2D eigenvalue weighted by atomic mass is 19.1. The van der Waals surface area contributed by atoms with E-state index in [1.807, 2.05) is 6.07 Å². The number of fused-ring (bicyclic) bond motifs is 2. The van der Waals surface area contributed by atoms with E-state index >= 15 is 0 Å². The van der Waals surface area contributed by atoms with Gasteiger partial charge in [-0.2, -0.15) is 0 Å². The zero-order valence-corrected chi connectivity index (χ0v) is 23.9. The molecular weight excluding hydrogens is 598 g/mol. The summed E-state index contributed by atoms with van der Waals surface area (Å²) in [4.78, 5) is 65.5. The van der Waals surface area contributed by atoms with Crippen molar-refractivity contribution in [2.75, 3.05) is 19.9 Å². The van der Waals surface area contributed by atoms with Crippen molar-refractivity contribution >= 4 is 23.9 Å². The highest BCUT2D eigenvalue weighted by Gasteiger charge is 2.43. The summed E-state index contributed by atoms with van der Waals surface area (Å²) in [5.74, 6) is -4.50. The van der Waals surface area contributed by atoms with Crippen molar-refractivity contribution in [2.24, 2.45) is 0 Å². The zero-order valence-electron chi connectivity index (χ0n) is 23.9. The molecule has 15 heteroatoms. The van der Waals surface area contributed by atoms with Gasteiger partial charge in [0.05, 0.1) is 19.2 Å². The fourth-order valence-electron chi connectivity index (χ4n) is 4.82. The number of rotatable bonds is 10. The molecule has 0 radical (unpaired) electrons. The number of halogens is 2. The number of amides is 3. The maximum Gasteiger partial charge on any atom is 0.410 e. The van der Waals surface area contributed by atoms with Gasteiger partial charge in [0.2, 0.25) is 18.0 Å². The van der Waals surface area contributed by atoms with Gasteiger partial charge in [0, 0.05) is 24.4 Å². The second-order valence-electron chi connectivity index (χ2n) is 10.2. The highest BCUT2D eigenvalue weighted by molar-refractivity contribution is 5.99. The van der Waals surface area contributed by atoms with Crippen LogP contribution in [0.1, 0.15) is 38.9 Å². The van der Waals surface area contributed by atoms with E-state index in [-0.39, 0.29) is 43.6 Å². The van der Waals surface area contributed by atoms with E-state index in [2.05, 4.69) is 10.6 Å². The Morgan fingerprint density at radius 1 is 1.04 bits per heavy atom. The maximum atomic E-state index is 14.1. The van der Waals surface area contributed by atoms with Crippen molar-refractivity contribution in [3.8, 4) is 5.75 Å². The zero-order chi connectivity index (χ0) is 32.1. The average molecular weight is 627 g/mol. The minimum Gasteiger partial charge on any atom is -0.460 e. The van der Waals surface area contributed by atoms with Gasteiger partial charge < -0.3 is 39.0 Å². The van der Waals surface area contributed by atoms with Gasteiger partial charge in [0.15, 0.2) is 11.9 Å². The smallest absolute Gasteiger partial charge is 0.410 e. The lowest BCUT2D eigenvalue weighted by molar-refractivity contribution is -0.143. The quantitative estimate of drug-likeness (QED) is 0.254. The van der Waals surface area contributed by atoms with Gasteiger partial charge in [0.1, 0.15) is 30.3 Å². The number of nitrogens with one attached hydrogen (secondary N) is 2. The van der Waals surface area contributed by atoms with Crippen LogP contribution in [0.25, 0.3) is 0 Å². The Morgan fingerprint density at radius 2 is 1.82 bits per heavy atom. The van der Waals surface area contributed by atoms with Gasteiger partial charge in [-0.1, -0.05) is 36.4 Å². The number of carbonyl (C=O) groups is 4. The molecule has 0 saturated carbocycles. The molecule has 236 valence electrons. The summed E-state index contributed by atoms with van der Waals surface area (Å²) in [5, 5.41) is 4.59. The molecule has 5 rings (SSSR count). The average Bonchev–Trinajstić information content (AvgIpc) is 3.40. The van der Waals surface area contributed by atoms with Crippen LogP contribution in [-0.2, 0) is 38.7 Å². The third-order valence-corrected chi connectivity index (χ3v) is 7.06. The summed E-state index contributed by atoms with van der Waals surface area (Å²) < 4.78 is 49.8. The number of carbonyl (C=O) groups excluding carboxylic acids is 4. The Kier molecular flexibility index (Phi) is 9.37. The number of ether oxygens (including phenoxy) is 4. The van der Waals surface area contributed by atoms with Crippen LogP contribution in [0.15, 0.2) is 59.5 Å². The Labute approximate surface area is 254 Å². The van der Waals surface area contributed by atoms with Crippen molar-refractivity contribution in [2.45, 2.75) is 38.9 Å². The number of hydrogen-bond donors (Lipinski definition) is 2. The SMILES string of the molecule is C[C@H]1CO[C@@H]2Cn3cc(C(=O)NCc4ccc(F)cc4F)c(=O)c(OCOC(=O)NCC(=O)OCc4ccccc4)c3C(=O)N12. The van der Waals surface area contributed by atoms with Crippen molar-refractivity contribution in [1.29, 1.82) is 0 Å². The fraction of sp³-hybridized carbons (Fsp3) is 0.300. The van der Waals surface area contributed by atoms with Crippen molar-refractivity contribution < 1.29 is 46.9 Å². The number of nitrogens with zero attached hydrogens (tertiary/aromatic N) is 2. The molecule has 0 bridgehead atoms. The summed E-state index contributed by atoms with van der Waals surface area (Å²) in [6.07, 6.45) is -0.580. The number of esters is 1. The number of alkyl carbamates (subject to hydrolysis) is 1. The van der Waals surface area contributed by atoms with E-state index in [0.717, 1.165) is 23.9 Å². The summed E-state index contributed by atoms with van der Waals surface area (Å²) in [6, 6.07) is 11.4. The monoisotopic (exact) mass is 626 g/mol. The van der Waals surface area contributed by atoms with Crippen LogP contribution in [0.5, 0.6) is 5.75 Å². The number of aromatic nitrogens is 1. The van der Waals surface area contributed by atoms with Crippen LogP contribution >= 0.6 is 0 Å². The molecule has 45 heavy (non-hydrogen) atoms. The van der Waals surface area contributed by atoms with Crippen LogP contribution in [-0.4, -0.2) is 65.6 Å². The lowest BCUT2D eigenvalue weighted by atomic mass is 10.1. The lowest BCUT2D eigenvalue weighted by Crippen LogP contribution is -2.49. The van der Waals surface area contributed by atoms with Gasteiger partial charge in [-0.25, -0.2) is 13.6 Å². The molecule has 1 fully saturated rings. The van der Waals surface area contributed by atoms with Crippen molar-refractivity contribution in [1.82, 2.24) is 20.1 Å². The second kappa shape index (κ2) is 13.5. The van der Waals surface area contributed by atoms with Crippen molar-refractivity contribution in [3.05, 3.63) is 99.0 Å².